The molecular weight excluding hydrogens is 248 g/mol. The highest BCUT2D eigenvalue weighted by molar-refractivity contribution is 5.96. The Hall–Kier alpha value is -2.37. The van der Waals surface area contributed by atoms with Crippen LogP contribution in [0.3, 0.4) is 0 Å². The van der Waals surface area contributed by atoms with Gasteiger partial charge in [-0.1, -0.05) is 0 Å². The van der Waals surface area contributed by atoms with Crippen molar-refractivity contribution in [3.05, 3.63) is 29.8 Å². The highest BCUT2D eigenvalue weighted by atomic mass is 16.4. The Morgan fingerprint density at radius 3 is 2.16 bits per heavy atom. The molecule has 1 aromatic carbocycles. The first-order chi connectivity index (χ1) is 8.72. The zero-order chi connectivity index (χ0) is 14.6. The molecule has 0 aliphatic heterocycles. The van der Waals surface area contributed by atoms with Gasteiger partial charge in [0.2, 0.25) is 11.8 Å². The average molecular weight is 264 g/mol. The third-order valence-electron chi connectivity index (χ3n) is 2.63. The predicted molar refractivity (Wildman–Crippen MR) is 69.6 cm³/mol. The van der Waals surface area contributed by atoms with Gasteiger partial charge in [-0.3, -0.25) is 14.4 Å². The van der Waals surface area contributed by atoms with Crippen LogP contribution in [0, 0.1) is 5.41 Å². The van der Waals surface area contributed by atoms with Crippen molar-refractivity contribution in [3.63, 3.8) is 0 Å². The van der Waals surface area contributed by atoms with E-state index in [-0.39, 0.29) is 6.42 Å². The minimum absolute atomic E-state index is 0.139. The number of carbonyl (C=O) groups excluding carboxylic acids is 2. The molecule has 6 nitrogen and oxygen atoms in total. The number of carboxylic acid groups (broad SMARTS) is 1. The first-order valence-corrected chi connectivity index (χ1v) is 5.65. The molecule has 4 N–H and O–H groups in total. The Kier molecular flexibility index (Phi) is 4.26. The van der Waals surface area contributed by atoms with Gasteiger partial charge in [-0.25, -0.2) is 0 Å². The van der Waals surface area contributed by atoms with Crippen LogP contribution in [0.2, 0.25) is 0 Å². The lowest BCUT2D eigenvalue weighted by molar-refractivity contribution is -0.148. The Labute approximate surface area is 110 Å². The molecule has 0 radical (unpaired) electrons. The van der Waals surface area contributed by atoms with Crippen LogP contribution < -0.4 is 11.1 Å². The molecule has 0 saturated heterocycles. The van der Waals surface area contributed by atoms with E-state index in [1.807, 2.05) is 0 Å². The van der Waals surface area contributed by atoms with Crippen molar-refractivity contribution in [1.82, 2.24) is 0 Å². The van der Waals surface area contributed by atoms with Gasteiger partial charge in [0.1, 0.15) is 0 Å². The molecule has 0 bridgehead atoms. The highest BCUT2D eigenvalue weighted by Crippen LogP contribution is 2.21. The van der Waals surface area contributed by atoms with E-state index in [4.69, 9.17) is 10.8 Å². The molecule has 0 aliphatic carbocycles. The van der Waals surface area contributed by atoms with Gasteiger partial charge < -0.3 is 16.2 Å². The summed E-state index contributed by atoms with van der Waals surface area (Å²) >= 11 is 0. The van der Waals surface area contributed by atoms with Gasteiger partial charge in [0.25, 0.3) is 0 Å². The molecule has 0 atom stereocenters. The number of benzene rings is 1. The van der Waals surface area contributed by atoms with E-state index in [9.17, 15) is 14.4 Å². The van der Waals surface area contributed by atoms with Crippen LogP contribution >= 0.6 is 0 Å². The van der Waals surface area contributed by atoms with Crippen LogP contribution in [-0.2, 0) is 9.59 Å². The minimum atomic E-state index is -1.13. The highest BCUT2D eigenvalue weighted by Gasteiger charge is 2.30. The normalized spacial score (nSPS) is 10.8. The van der Waals surface area contributed by atoms with Crippen molar-refractivity contribution in [2.75, 3.05) is 5.32 Å². The predicted octanol–water partition coefficient (Wildman–Crippen LogP) is 1.22. The Balaban J connectivity index is 2.67. The van der Waals surface area contributed by atoms with Crippen LogP contribution in [0.1, 0.15) is 30.6 Å². The van der Waals surface area contributed by atoms with E-state index in [0.717, 1.165) is 0 Å². The first kappa shape index (κ1) is 14.7. The number of nitrogens with two attached hydrogens (primary N) is 1. The summed E-state index contributed by atoms with van der Waals surface area (Å²) in [7, 11) is 0. The van der Waals surface area contributed by atoms with E-state index in [1.54, 1.807) is 0 Å². The monoisotopic (exact) mass is 264 g/mol. The molecule has 1 rings (SSSR count). The van der Waals surface area contributed by atoms with Crippen molar-refractivity contribution in [2.45, 2.75) is 20.3 Å². The topological polar surface area (TPSA) is 109 Å². The number of primary amides is 1. The molecule has 0 spiro atoms. The Morgan fingerprint density at radius 2 is 1.74 bits per heavy atom. The van der Waals surface area contributed by atoms with Crippen LogP contribution in [-0.4, -0.2) is 22.9 Å². The lowest BCUT2D eigenvalue weighted by Gasteiger charge is -2.18. The van der Waals surface area contributed by atoms with E-state index < -0.39 is 23.2 Å². The van der Waals surface area contributed by atoms with Gasteiger partial charge >= 0.3 is 5.97 Å². The first-order valence-electron chi connectivity index (χ1n) is 5.65. The summed E-state index contributed by atoms with van der Waals surface area (Å²) in [5.74, 6) is -1.99. The average Bonchev–Trinajstić information content (AvgIpc) is 2.28. The van der Waals surface area contributed by atoms with Gasteiger partial charge in [0.05, 0.1) is 5.41 Å². The number of hydrogen-bond donors (Lipinski definition) is 3. The molecule has 0 aromatic heterocycles. The van der Waals surface area contributed by atoms with E-state index in [2.05, 4.69) is 5.32 Å². The number of aliphatic carboxylic acids is 1. The molecular formula is C13H16N2O4. The lowest BCUT2D eigenvalue weighted by Crippen LogP contribution is -2.29. The number of amides is 2. The second-order valence-electron chi connectivity index (χ2n) is 4.86. The summed E-state index contributed by atoms with van der Waals surface area (Å²) in [5, 5.41) is 11.5. The van der Waals surface area contributed by atoms with Gasteiger partial charge in [0, 0.05) is 17.7 Å². The van der Waals surface area contributed by atoms with Crippen LogP contribution in [0.4, 0.5) is 5.69 Å². The van der Waals surface area contributed by atoms with Crippen molar-refractivity contribution < 1.29 is 19.5 Å². The van der Waals surface area contributed by atoms with Crippen molar-refractivity contribution in [1.29, 1.82) is 0 Å². The molecule has 0 saturated carbocycles. The number of anilines is 1. The van der Waals surface area contributed by atoms with Crippen LogP contribution in [0.15, 0.2) is 24.3 Å². The SMILES string of the molecule is CC(C)(CC(=O)Nc1ccc(C(N)=O)cc1)C(=O)O. The van der Waals surface area contributed by atoms with E-state index >= 15 is 0 Å². The summed E-state index contributed by atoms with van der Waals surface area (Å²) in [5.41, 5.74) is 4.78. The van der Waals surface area contributed by atoms with Gasteiger partial charge in [-0.15, -0.1) is 0 Å². The van der Waals surface area contributed by atoms with Crippen molar-refractivity contribution >= 4 is 23.5 Å². The van der Waals surface area contributed by atoms with Gasteiger partial charge in [0.15, 0.2) is 0 Å². The molecule has 19 heavy (non-hydrogen) atoms. The molecule has 1 aromatic rings. The molecule has 0 heterocycles. The fraction of sp³-hybridized carbons (Fsp3) is 0.308. The third kappa shape index (κ3) is 4.09. The molecule has 6 heteroatoms. The maximum Gasteiger partial charge on any atom is 0.309 e. The summed E-state index contributed by atoms with van der Waals surface area (Å²) in [6, 6.07) is 6.04. The summed E-state index contributed by atoms with van der Waals surface area (Å²) < 4.78 is 0. The zero-order valence-electron chi connectivity index (χ0n) is 10.8. The fourth-order valence-electron chi connectivity index (χ4n) is 1.40. The number of hydrogen-bond acceptors (Lipinski definition) is 3. The third-order valence-corrected chi connectivity index (χ3v) is 2.63. The zero-order valence-corrected chi connectivity index (χ0v) is 10.8. The number of carboxylic acids is 1. The number of nitrogens with one attached hydrogen (secondary N) is 1. The smallest absolute Gasteiger partial charge is 0.309 e. The lowest BCUT2D eigenvalue weighted by atomic mass is 9.89. The standard InChI is InChI=1S/C13H16N2O4/c1-13(2,12(18)19)7-10(16)15-9-5-3-8(4-6-9)11(14)17/h3-6H,7H2,1-2H3,(H2,14,17)(H,15,16)(H,18,19). The molecule has 0 aliphatic rings. The van der Waals surface area contributed by atoms with Gasteiger partial charge in [-0.2, -0.15) is 0 Å². The van der Waals surface area contributed by atoms with Gasteiger partial charge in [-0.05, 0) is 38.1 Å². The molecule has 2 amide bonds. The Morgan fingerprint density at radius 1 is 1.21 bits per heavy atom. The summed E-state index contributed by atoms with van der Waals surface area (Å²) in [6.45, 7) is 2.95. The summed E-state index contributed by atoms with van der Waals surface area (Å²) in [6.07, 6.45) is -0.139. The minimum Gasteiger partial charge on any atom is -0.481 e. The number of rotatable bonds is 5. The van der Waals surface area contributed by atoms with E-state index in [0.29, 0.717) is 11.3 Å². The van der Waals surface area contributed by atoms with Crippen molar-refractivity contribution in [2.24, 2.45) is 11.1 Å². The largest absolute Gasteiger partial charge is 0.481 e. The Bertz CT molecular complexity index is 506. The van der Waals surface area contributed by atoms with Crippen LogP contribution in [0.25, 0.3) is 0 Å². The van der Waals surface area contributed by atoms with E-state index in [1.165, 1.54) is 38.1 Å². The maximum absolute atomic E-state index is 11.7. The molecule has 102 valence electrons. The fourth-order valence-corrected chi connectivity index (χ4v) is 1.40. The summed E-state index contributed by atoms with van der Waals surface area (Å²) in [4.78, 5) is 33.4. The van der Waals surface area contributed by atoms with Crippen molar-refractivity contribution in [3.8, 4) is 0 Å². The molecule has 0 unspecified atom stereocenters. The second-order valence-corrected chi connectivity index (χ2v) is 4.86. The number of carbonyl (C=O) groups is 3. The second kappa shape index (κ2) is 5.51. The quantitative estimate of drug-likeness (QED) is 0.742. The maximum atomic E-state index is 11.7. The van der Waals surface area contributed by atoms with Crippen LogP contribution in [0.5, 0.6) is 0 Å². The molecule has 0 fully saturated rings.